The third kappa shape index (κ3) is 5.35. The first-order chi connectivity index (χ1) is 10.2. The van der Waals surface area contributed by atoms with Gasteiger partial charge in [-0.3, -0.25) is 0 Å². The van der Waals surface area contributed by atoms with E-state index >= 15 is 0 Å². The van der Waals surface area contributed by atoms with Crippen molar-refractivity contribution in [3.8, 4) is 11.5 Å². The lowest BCUT2D eigenvalue weighted by molar-refractivity contribution is 0.354. The molecule has 4 heteroatoms. The second-order valence-electron chi connectivity index (χ2n) is 5.10. The number of aryl methyl sites for hydroxylation is 1. The summed E-state index contributed by atoms with van der Waals surface area (Å²) >= 11 is 0. The molecule has 2 rings (SSSR count). The van der Waals surface area contributed by atoms with Gasteiger partial charge in [0.15, 0.2) is 11.5 Å². The largest absolute Gasteiger partial charge is 0.493 e. The molecule has 0 aromatic heterocycles. The Hall–Kier alpha value is -1.52. The number of methoxy groups -OCH3 is 2. The molecule has 0 unspecified atom stereocenters. The standard InChI is InChI=1S/C18H23NO2.BrH/c1-14-4-6-16(7-5-14)13-19-11-10-15-8-9-17(20-2)18(12-15)21-3;/h4-9,12,19H,10-11,13H2,1-3H3;1H. The highest BCUT2D eigenvalue weighted by Gasteiger charge is 2.04. The lowest BCUT2D eigenvalue weighted by Crippen LogP contribution is -2.16. The normalized spacial score (nSPS) is 9.95. The number of halogens is 1. The maximum absolute atomic E-state index is 5.32. The molecule has 0 bridgehead atoms. The molecule has 0 aliphatic carbocycles. The Bertz CT molecular complexity index is 570. The molecule has 0 heterocycles. The van der Waals surface area contributed by atoms with Crippen LogP contribution in [0.1, 0.15) is 16.7 Å². The highest BCUT2D eigenvalue weighted by molar-refractivity contribution is 8.93. The Morgan fingerprint density at radius 1 is 0.864 bits per heavy atom. The van der Waals surface area contributed by atoms with Gasteiger partial charge in [0.2, 0.25) is 0 Å². The zero-order valence-corrected chi connectivity index (χ0v) is 15.1. The third-order valence-electron chi connectivity index (χ3n) is 3.49. The van der Waals surface area contributed by atoms with Gasteiger partial charge in [0.1, 0.15) is 0 Å². The number of nitrogens with one attached hydrogen (secondary N) is 1. The Morgan fingerprint density at radius 3 is 2.14 bits per heavy atom. The SMILES string of the molecule is Br.COc1ccc(CCNCc2ccc(C)cc2)cc1OC. The molecule has 0 aliphatic rings. The van der Waals surface area contributed by atoms with Crippen molar-refractivity contribution < 1.29 is 9.47 Å². The van der Waals surface area contributed by atoms with E-state index in [0.717, 1.165) is 31.0 Å². The smallest absolute Gasteiger partial charge is 0.160 e. The van der Waals surface area contributed by atoms with E-state index in [2.05, 4.69) is 42.6 Å². The summed E-state index contributed by atoms with van der Waals surface area (Å²) < 4.78 is 10.6. The summed E-state index contributed by atoms with van der Waals surface area (Å²) in [5.74, 6) is 1.56. The van der Waals surface area contributed by atoms with Crippen LogP contribution in [0.3, 0.4) is 0 Å². The van der Waals surface area contributed by atoms with Crippen molar-refractivity contribution in [2.75, 3.05) is 20.8 Å². The average Bonchev–Trinajstić information content (AvgIpc) is 2.53. The minimum absolute atomic E-state index is 0. The Balaban J connectivity index is 0.00000242. The van der Waals surface area contributed by atoms with Gasteiger partial charge in [-0.25, -0.2) is 0 Å². The van der Waals surface area contributed by atoms with E-state index in [1.54, 1.807) is 14.2 Å². The van der Waals surface area contributed by atoms with E-state index in [1.807, 2.05) is 12.1 Å². The second kappa shape index (κ2) is 9.49. The number of rotatable bonds is 7. The molecule has 3 nitrogen and oxygen atoms in total. The van der Waals surface area contributed by atoms with Crippen LogP contribution in [-0.2, 0) is 13.0 Å². The lowest BCUT2D eigenvalue weighted by Gasteiger charge is -2.10. The van der Waals surface area contributed by atoms with Crippen LogP contribution in [-0.4, -0.2) is 20.8 Å². The van der Waals surface area contributed by atoms with Gasteiger partial charge in [-0.15, -0.1) is 17.0 Å². The number of hydrogen-bond acceptors (Lipinski definition) is 3. The van der Waals surface area contributed by atoms with Crippen molar-refractivity contribution in [1.29, 1.82) is 0 Å². The number of ether oxygens (including phenoxy) is 2. The highest BCUT2D eigenvalue weighted by Crippen LogP contribution is 2.27. The van der Waals surface area contributed by atoms with Crippen molar-refractivity contribution in [2.24, 2.45) is 0 Å². The summed E-state index contributed by atoms with van der Waals surface area (Å²) in [5, 5.41) is 3.46. The van der Waals surface area contributed by atoms with Crippen molar-refractivity contribution in [2.45, 2.75) is 19.9 Å². The van der Waals surface area contributed by atoms with Gasteiger partial charge in [0.05, 0.1) is 14.2 Å². The van der Waals surface area contributed by atoms with Gasteiger partial charge in [0.25, 0.3) is 0 Å². The van der Waals surface area contributed by atoms with E-state index in [4.69, 9.17) is 9.47 Å². The van der Waals surface area contributed by atoms with Crippen molar-refractivity contribution in [3.05, 3.63) is 59.2 Å². The monoisotopic (exact) mass is 365 g/mol. The minimum atomic E-state index is 0. The van der Waals surface area contributed by atoms with Gasteiger partial charge in [-0.1, -0.05) is 35.9 Å². The van der Waals surface area contributed by atoms with Crippen LogP contribution in [0.5, 0.6) is 11.5 Å². The van der Waals surface area contributed by atoms with Crippen LogP contribution in [0.2, 0.25) is 0 Å². The third-order valence-corrected chi connectivity index (χ3v) is 3.49. The van der Waals surface area contributed by atoms with Crippen LogP contribution in [0.4, 0.5) is 0 Å². The van der Waals surface area contributed by atoms with Gasteiger partial charge in [-0.05, 0) is 43.1 Å². The van der Waals surface area contributed by atoms with Gasteiger partial charge in [-0.2, -0.15) is 0 Å². The zero-order chi connectivity index (χ0) is 15.1. The predicted molar refractivity (Wildman–Crippen MR) is 96.5 cm³/mol. The van der Waals surface area contributed by atoms with E-state index in [9.17, 15) is 0 Å². The fourth-order valence-corrected chi connectivity index (χ4v) is 2.21. The topological polar surface area (TPSA) is 30.5 Å². The molecular weight excluding hydrogens is 342 g/mol. The molecule has 0 aliphatic heterocycles. The van der Waals surface area contributed by atoms with Gasteiger partial charge >= 0.3 is 0 Å². The Kier molecular flexibility index (Phi) is 7.99. The average molecular weight is 366 g/mol. The van der Waals surface area contributed by atoms with E-state index in [0.29, 0.717) is 0 Å². The molecule has 0 amide bonds. The van der Waals surface area contributed by atoms with E-state index in [-0.39, 0.29) is 17.0 Å². The molecule has 0 fully saturated rings. The molecule has 0 saturated heterocycles. The van der Waals surface area contributed by atoms with Crippen LogP contribution in [0.15, 0.2) is 42.5 Å². The van der Waals surface area contributed by atoms with Crippen molar-refractivity contribution in [3.63, 3.8) is 0 Å². The molecule has 0 radical (unpaired) electrons. The number of hydrogen-bond donors (Lipinski definition) is 1. The molecule has 2 aromatic rings. The molecule has 0 spiro atoms. The lowest BCUT2D eigenvalue weighted by atomic mass is 10.1. The minimum Gasteiger partial charge on any atom is -0.493 e. The molecular formula is C18H24BrNO2. The first kappa shape index (κ1) is 18.5. The molecule has 0 atom stereocenters. The zero-order valence-electron chi connectivity index (χ0n) is 13.4. The van der Waals surface area contributed by atoms with E-state index < -0.39 is 0 Å². The second-order valence-corrected chi connectivity index (χ2v) is 5.10. The van der Waals surface area contributed by atoms with Crippen LogP contribution in [0.25, 0.3) is 0 Å². The van der Waals surface area contributed by atoms with Crippen molar-refractivity contribution in [1.82, 2.24) is 5.32 Å². The van der Waals surface area contributed by atoms with E-state index in [1.165, 1.54) is 16.7 Å². The maximum Gasteiger partial charge on any atom is 0.160 e. The fraction of sp³-hybridized carbons (Fsp3) is 0.333. The van der Waals surface area contributed by atoms with Gasteiger partial charge in [0, 0.05) is 6.54 Å². The predicted octanol–water partition coefficient (Wildman–Crippen LogP) is 3.92. The quantitative estimate of drug-likeness (QED) is 0.754. The van der Waals surface area contributed by atoms with Crippen LogP contribution in [0, 0.1) is 6.92 Å². The first-order valence-electron chi connectivity index (χ1n) is 7.20. The summed E-state index contributed by atoms with van der Waals surface area (Å²) in [4.78, 5) is 0. The molecule has 22 heavy (non-hydrogen) atoms. The summed E-state index contributed by atoms with van der Waals surface area (Å²) in [6.45, 7) is 3.94. The molecule has 2 aromatic carbocycles. The van der Waals surface area contributed by atoms with Crippen molar-refractivity contribution >= 4 is 17.0 Å². The molecule has 1 N–H and O–H groups in total. The Labute approximate surface area is 143 Å². The van der Waals surface area contributed by atoms with Crippen LogP contribution >= 0.6 is 17.0 Å². The summed E-state index contributed by atoms with van der Waals surface area (Å²) in [6, 6.07) is 14.7. The summed E-state index contributed by atoms with van der Waals surface area (Å²) in [5.41, 5.74) is 3.85. The Morgan fingerprint density at radius 2 is 1.50 bits per heavy atom. The number of benzene rings is 2. The maximum atomic E-state index is 5.32. The summed E-state index contributed by atoms with van der Waals surface area (Å²) in [7, 11) is 3.32. The van der Waals surface area contributed by atoms with Gasteiger partial charge < -0.3 is 14.8 Å². The van der Waals surface area contributed by atoms with Crippen LogP contribution < -0.4 is 14.8 Å². The first-order valence-corrected chi connectivity index (χ1v) is 7.20. The summed E-state index contributed by atoms with van der Waals surface area (Å²) in [6.07, 6.45) is 0.964. The molecule has 120 valence electrons. The molecule has 0 saturated carbocycles. The highest BCUT2D eigenvalue weighted by atomic mass is 79.9. The fourth-order valence-electron chi connectivity index (χ4n) is 2.21.